The standard InChI is InChI=1S/C15H19FN2O2/c1-20-13-4-2-3-11(16)14(13)15(19)18-8-6-12-10(9-18)5-7-17-12/h2-4,10,12,17H,5-9H2,1H3. The van der Waals surface area contributed by atoms with Gasteiger partial charge >= 0.3 is 0 Å². The number of methoxy groups -OCH3 is 1. The monoisotopic (exact) mass is 278 g/mol. The minimum atomic E-state index is -0.513. The maximum Gasteiger partial charge on any atom is 0.260 e. The number of likely N-dealkylation sites (tertiary alicyclic amines) is 1. The van der Waals surface area contributed by atoms with Crippen molar-refractivity contribution in [2.45, 2.75) is 18.9 Å². The van der Waals surface area contributed by atoms with E-state index in [-0.39, 0.29) is 11.5 Å². The van der Waals surface area contributed by atoms with Crippen molar-refractivity contribution < 1.29 is 13.9 Å². The number of amides is 1. The van der Waals surface area contributed by atoms with Crippen LogP contribution in [0.25, 0.3) is 0 Å². The van der Waals surface area contributed by atoms with Gasteiger partial charge in [-0.2, -0.15) is 0 Å². The van der Waals surface area contributed by atoms with Gasteiger partial charge in [0.25, 0.3) is 5.91 Å². The molecule has 2 saturated heterocycles. The Labute approximate surface area is 117 Å². The van der Waals surface area contributed by atoms with E-state index in [1.807, 2.05) is 0 Å². The van der Waals surface area contributed by atoms with Crippen LogP contribution in [0.3, 0.4) is 0 Å². The van der Waals surface area contributed by atoms with Crippen LogP contribution in [0.4, 0.5) is 4.39 Å². The molecule has 2 aliphatic heterocycles. The number of ether oxygens (including phenoxy) is 1. The number of nitrogens with one attached hydrogen (secondary N) is 1. The first-order valence-electron chi connectivity index (χ1n) is 7.06. The van der Waals surface area contributed by atoms with Gasteiger partial charge in [-0.15, -0.1) is 0 Å². The molecule has 3 rings (SSSR count). The molecule has 0 radical (unpaired) electrons. The van der Waals surface area contributed by atoms with Crippen molar-refractivity contribution in [1.29, 1.82) is 0 Å². The van der Waals surface area contributed by atoms with Crippen LogP contribution < -0.4 is 10.1 Å². The van der Waals surface area contributed by atoms with Gasteiger partial charge in [-0.25, -0.2) is 4.39 Å². The lowest BCUT2D eigenvalue weighted by molar-refractivity contribution is 0.0653. The summed E-state index contributed by atoms with van der Waals surface area (Å²) in [5.74, 6) is 0.0264. The molecule has 2 aliphatic rings. The predicted octanol–water partition coefficient (Wildman–Crippen LogP) is 1.66. The molecule has 5 heteroatoms. The molecule has 0 aliphatic carbocycles. The largest absolute Gasteiger partial charge is 0.496 e. The molecule has 0 saturated carbocycles. The Hall–Kier alpha value is -1.62. The number of benzene rings is 1. The molecule has 0 bridgehead atoms. The van der Waals surface area contributed by atoms with E-state index in [0.717, 1.165) is 19.4 Å². The van der Waals surface area contributed by atoms with Crippen LogP contribution in [0.15, 0.2) is 18.2 Å². The minimum absolute atomic E-state index is 0.0550. The molecule has 4 nitrogen and oxygen atoms in total. The molecule has 108 valence electrons. The summed E-state index contributed by atoms with van der Waals surface area (Å²) < 4.78 is 19.1. The van der Waals surface area contributed by atoms with Crippen LogP contribution in [-0.2, 0) is 0 Å². The third-order valence-electron chi connectivity index (χ3n) is 4.35. The molecule has 1 aromatic rings. The fourth-order valence-electron chi connectivity index (χ4n) is 3.27. The van der Waals surface area contributed by atoms with Crippen LogP contribution in [0.5, 0.6) is 5.75 Å². The molecular weight excluding hydrogens is 259 g/mol. The molecule has 2 unspecified atom stereocenters. The van der Waals surface area contributed by atoms with Gasteiger partial charge in [0.15, 0.2) is 0 Å². The smallest absolute Gasteiger partial charge is 0.260 e. The van der Waals surface area contributed by atoms with Crippen molar-refractivity contribution in [2.24, 2.45) is 5.92 Å². The van der Waals surface area contributed by atoms with Gasteiger partial charge in [-0.05, 0) is 37.4 Å². The lowest BCUT2D eigenvalue weighted by Gasteiger charge is -2.35. The Morgan fingerprint density at radius 3 is 3.10 bits per heavy atom. The van der Waals surface area contributed by atoms with Gasteiger partial charge in [0.05, 0.1) is 7.11 Å². The highest BCUT2D eigenvalue weighted by Crippen LogP contribution is 2.28. The van der Waals surface area contributed by atoms with Crippen LogP contribution in [0.1, 0.15) is 23.2 Å². The van der Waals surface area contributed by atoms with Gasteiger partial charge < -0.3 is 15.0 Å². The normalized spacial score (nSPS) is 25.4. The number of rotatable bonds is 2. The van der Waals surface area contributed by atoms with E-state index >= 15 is 0 Å². The van der Waals surface area contributed by atoms with Crippen molar-refractivity contribution in [1.82, 2.24) is 10.2 Å². The number of halogens is 1. The predicted molar refractivity (Wildman–Crippen MR) is 73.4 cm³/mol. The maximum atomic E-state index is 14.0. The lowest BCUT2D eigenvalue weighted by atomic mass is 9.93. The number of fused-ring (bicyclic) bond motifs is 1. The third kappa shape index (κ3) is 2.26. The Bertz CT molecular complexity index is 521. The first kappa shape index (κ1) is 13.4. The number of hydrogen-bond acceptors (Lipinski definition) is 3. The first-order chi connectivity index (χ1) is 9.70. The van der Waals surface area contributed by atoms with Crippen molar-refractivity contribution in [3.05, 3.63) is 29.6 Å². The fraction of sp³-hybridized carbons (Fsp3) is 0.533. The van der Waals surface area contributed by atoms with E-state index in [2.05, 4.69) is 5.32 Å². The van der Waals surface area contributed by atoms with Crippen molar-refractivity contribution >= 4 is 5.91 Å². The SMILES string of the molecule is COc1cccc(F)c1C(=O)N1CCC2NCCC2C1. The number of carbonyl (C=O) groups excluding carboxylic acids is 1. The van der Waals surface area contributed by atoms with Crippen molar-refractivity contribution in [3.63, 3.8) is 0 Å². The maximum absolute atomic E-state index is 14.0. The third-order valence-corrected chi connectivity index (χ3v) is 4.35. The van der Waals surface area contributed by atoms with Gasteiger partial charge in [0, 0.05) is 19.1 Å². The van der Waals surface area contributed by atoms with Crippen molar-refractivity contribution in [2.75, 3.05) is 26.7 Å². The van der Waals surface area contributed by atoms with Crippen LogP contribution >= 0.6 is 0 Å². The molecule has 2 atom stereocenters. The van der Waals surface area contributed by atoms with Gasteiger partial charge in [0.1, 0.15) is 17.1 Å². The summed E-state index contributed by atoms with van der Waals surface area (Å²) in [6.07, 6.45) is 2.02. The summed E-state index contributed by atoms with van der Waals surface area (Å²) in [5, 5.41) is 3.45. The summed E-state index contributed by atoms with van der Waals surface area (Å²) in [6, 6.07) is 5.00. The molecule has 1 amide bonds. The number of carbonyl (C=O) groups is 1. The lowest BCUT2D eigenvalue weighted by Crippen LogP contribution is -2.47. The summed E-state index contributed by atoms with van der Waals surface area (Å²) >= 11 is 0. The molecule has 2 heterocycles. The highest BCUT2D eigenvalue weighted by atomic mass is 19.1. The molecule has 1 aromatic carbocycles. The number of nitrogens with zero attached hydrogens (tertiary/aromatic N) is 1. The minimum Gasteiger partial charge on any atom is -0.496 e. The average molecular weight is 278 g/mol. The molecule has 2 fully saturated rings. The highest BCUT2D eigenvalue weighted by Gasteiger charge is 2.35. The summed E-state index contributed by atoms with van der Waals surface area (Å²) in [4.78, 5) is 14.3. The second-order valence-electron chi connectivity index (χ2n) is 5.47. The second-order valence-corrected chi connectivity index (χ2v) is 5.47. The molecule has 20 heavy (non-hydrogen) atoms. The first-order valence-corrected chi connectivity index (χ1v) is 7.06. The highest BCUT2D eigenvalue weighted by molar-refractivity contribution is 5.97. The van der Waals surface area contributed by atoms with E-state index in [4.69, 9.17) is 4.74 Å². The van der Waals surface area contributed by atoms with Crippen LogP contribution in [0.2, 0.25) is 0 Å². The van der Waals surface area contributed by atoms with Crippen LogP contribution in [0, 0.1) is 11.7 Å². The van der Waals surface area contributed by atoms with Gasteiger partial charge in [-0.1, -0.05) is 6.07 Å². The zero-order chi connectivity index (χ0) is 14.1. The van der Waals surface area contributed by atoms with E-state index in [1.54, 1.807) is 17.0 Å². The fourth-order valence-corrected chi connectivity index (χ4v) is 3.27. The second kappa shape index (κ2) is 5.40. The summed E-state index contributed by atoms with van der Waals surface area (Å²) in [7, 11) is 1.46. The molecular formula is C15H19FN2O2. The Kier molecular flexibility index (Phi) is 3.61. The topological polar surface area (TPSA) is 41.6 Å². The van der Waals surface area contributed by atoms with Crippen LogP contribution in [-0.4, -0.2) is 43.6 Å². The summed E-state index contributed by atoms with van der Waals surface area (Å²) in [5.41, 5.74) is 0.0550. The van der Waals surface area contributed by atoms with Gasteiger partial charge in [-0.3, -0.25) is 4.79 Å². The quantitative estimate of drug-likeness (QED) is 0.894. The van der Waals surface area contributed by atoms with E-state index in [1.165, 1.54) is 13.2 Å². The summed E-state index contributed by atoms with van der Waals surface area (Å²) in [6.45, 7) is 2.39. The zero-order valence-electron chi connectivity index (χ0n) is 11.6. The number of hydrogen-bond donors (Lipinski definition) is 1. The van der Waals surface area contributed by atoms with Crippen molar-refractivity contribution in [3.8, 4) is 5.75 Å². The molecule has 0 aromatic heterocycles. The Morgan fingerprint density at radius 1 is 1.45 bits per heavy atom. The Balaban J connectivity index is 1.82. The molecule has 0 spiro atoms. The molecule has 1 N–H and O–H groups in total. The number of piperidine rings is 1. The van der Waals surface area contributed by atoms with E-state index in [0.29, 0.717) is 30.8 Å². The van der Waals surface area contributed by atoms with Gasteiger partial charge in [0.2, 0.25) is 0 Å². The Morgan fingerprint density at radius 2 is 2.30 bits per heavy atom. The average Bonchev–Trinajstić information content (AvgIpc) is 2.93. The zero-order valence-corrected chi connectivity index (χ0v) is 11.6. The van der Waals surface area contributed by atoms with E-state index in [9.17, 15) is 9.18 Å². The van der Waals surface area contributed by atoms with E-state index < -0.39 is 5.82 Å².